The van der Waals surface area contributed by atoms with Gasteiger partial charge in [0.25, 0.3) is 0 Å². The number of rotatable bonds is 7. The maximum atomic E-state index is 13.8. The summed E-state index contributed by atoms with van der Waals surface area (Å²) in [5, 5.41) is 13.5. The fraction of sp³-hybridized carbons (Fsp3) is 0.259. The van der Waals surface area contributed by atoms with E-state index in [4.69, 9.17) is 9.97 Å². The molecule has 0 amide bonds. The van der Waals surface area contributed by atoms with E-state index in [0.29, 0.717) is 11.5 Å². The van der Waals surface area contributed by atoms with E-state index in [1.807, 2.05) is 0 Å². The Balaban J connectivity index is 1.62. The van der Waals surface area contributed by atoms with Crippen molar-refractivity contribution in [1.29, 1.82) is 0 Å². The Bertz CT molecular complexity index is 1330. The van der Waals surface area contributed by atoms with Crippen LogP contribution in [0.4, 0.5) is 21.8 Å². The number of halogens is 1. The Morgan fingerprint density at radius 1 is 1.15 bits per heavy atom. The summed E-state index contributed by atoms with van der Waals surface area (Å²) in [4.78, 5) is 11.1. The summed E-state index contributed by atoms with van der Waals surface area (Å²) in [7, 11) is 0. The Morgan fingerprint density at radius 3 is 2.79 bits per heavy atom. The zero-order chi connectivity index (χ0) is 23.5. The standard InChI is InChI=1S/C27H28FN5S/c1-3-23(24-8-5-15-34-24)31-26-21-7-4-6-20(18-11-13-29-14-12-18)25(21)32-27(33-26)30-19-9-10-22(28)17(2)16-19/h4-11,15-16,23,29H,3,12-14H2,1-2H3,(H2,30,31,32,33)/t23-/m1/s1. The molecule has 0 saturated heterocycles. The molecule has 5 nitrogen and oxygen atoms in total. The number of hydrogen-bond donors (Lipinski definition) is 3. The van der Waals surface area contributed by atoms with E-state index in [1.165, 1.54) is 16.5 Å². The summed E-state index contributed by atoms with van der Waals surface area (Å²) < 4.78 is 13.8. The van der Waals surface area contributed by atoms with E-state index < -0.39 is 0 Å². The zero-order valence-corrected chi connectivity index (χ0v) is 20.2. The number of thiophene rings is 1. The number of aryl methyl sites for hydroxylation is 1. The van der Waals surface area contributed by atoms with Gasteiger partial charge in [-0.25, -0.2) is 9.37 Å². The molecule has 1 aliphatic heterocycles. The minimum Gasteiger partial charge on any atom is -0.362 e. The normalized spacial score (nSPS) is 14.6. The molecule has 3 heterocycles. The van der Waals surface area contributed by atoms with Crippen LogP contribution in [-0.4, -0.2) is 23.1 Å². The molecule has 0 spiro atoms. The zero-order valence-electron chi connectivity index (χ0n) is 19.4. The molecule has 1 aliphatic rings. The number of para-hydroxylation sites is 1. The van der Waals surface area contributed by atoms with E-state index in [-0.39, 0.29) is 11.9 Å². The Kier molecular flexibility index (Phi) is 6.56. The SMILES string of the molecule is CC[C@@H](Nc1nc(Nc2ccc(F)c(C)c2)nc2c(C3=CCNCC3)cccc12)c1cccs1. The minimum atomic E-state index is -0.228. The van der Waals surface area contributed by atoms with Gasteiger partial charge in [0.15, 0.2) is 0 Å². The van der Waals surface area contributed by atoms with Gasteiger partial charge >= 0.3 is 0 Å². The van der Waals surface area contributed by atoms with Gasteiger partial charge in [0.05, 0.1) is 11.6 Å². The maximum absolute atomic E-state index is 13.8. The molecule has 0 saturated carbocycles. The van der Waals surface area contributed by atoms with Crippen LogP contribution in [0.2, 0.25) is 0 Å². The van der Waals surface area contributed by atoms with Crippen molar-refractivity contribution in [2.75, 3.05) is 23.7 Å². The molecule has 34 heavy (non-hydrogen) atoms. The average Bonchev–Trinajstić information content (AvgIpc) is 3.40. The first-order valence-corrected chi connectivity index (χ1v) is 12.5. The first kappa shape index (κ1) is 22.5. The Hall–Kier alpha value is -3.29. The first-order chi connectivity index (χ1) is 16.6. The molecule has 174 valence electrons. The van der Waals surface area contributed by atoms with Crippen LogP contribution in [0.3, 0.4) is 0 Å². The summed E-state index contributed by atoms with van der Waals surface area (Å²) >= 11 is 1.74. The molecule has 2 aromatic carbocycles. The van der Waals surface area contributed by atoms with Gasteiger partial charge in [-0.05, 0) is 73.2 Å². The lowest BCUT2D eigenvalue weighted by Gasteiger charge is -2.20. The van der Waals surface area contributed by atoms with Gasteiger partial charge in [-0.15, -0.1) is 11.3 Å². The number of hydrogen-bond acceptors (Lipinski definition) is 6. The molecular formula is C27H28FN5S. The van der Waals surface area contributed by atoms with Crippen molar-refractivity contribution in [3.8, 4) is 0 Å². The number of anilines is 3. The van der Waals surface area contributed by atoms with Crippen LogP contribution < -0.4 is 16.0 Å². The van der Waals surface area contributed by atoms with Crippen LogP contribution in [0.5, 0.6) is 0 Å². The van der Waals surface area contributed by atoms with E-state index in [9.17, 15) is 4.39 Å². The molecule has 4 aromatic rings. The molecule has 0 aliphatic carbocycles. The lowest BCUT2D eigenvalue weighted by atomic mass is 9.97. The second kappa shape index (κ2) is 9.91. The summed E-state index contributed by atoms with van der Waals surface area (Å²) in [6.45, 7) is 5.74. The predicted octanol–water partition coefficient (Wildman–Crippen LogP) is 6.82. The van der Waals surface area contributed by atoms with E-state index in [0.717, 1.165) is 53.9 Å². The lowest BCUT2D eigenvalue weighted by Crippen LogP contribution is -2.20. The van der Waals surface area contributed by atoms with Crippen molar-refractivity contribution >= 4 is 45.3 Å². The summed E-state index contributed by atoms with van der Waals surface area (Å²) in [6.07, 6.45) is 4.13. The van der Waals surface area contributed by atoms with Crippen molar-refractivity contribution in [2.45, 2.75) is 32.7 Å². The third-order valence-electron chi connectivity index (χ3n) is 6.16. The van der Waals surface area contributed by atoms with Crippen molar-refractivity contribution < 1.29 is 4.39 Å². The number of nitrogens with one attached hydrogen (secondary N) is 3. The number of aromatic nitrogens is 2. The first-order valence-electron chi connectivity index (χ1n) is 11.7. The van der Waals surface area contributed by atoms with Crippen LogP contribution in [0.25, 0.3) is 16.5 Å². The highest BCUT2D eigenvalue weighted by Gasteiger charge is 2.18. The molecule has 0 fully saturated rings. The van der Waals surface area contributed by atoms with Gasteiger partial charge in [-0.3, -0.25) is 0 Å². The molecule has 1 atom stereocenters. The van der Waals surface area contributed by atoms with Gasteiger partial charge in [-0.2, -0.15) is 4.98 Å². The molecule has 5 rings (SSSR count). The summed E-state index contributed by atoms with van der Waals surface area (Å²) in [5.41, 5.74) is 4.67. The van der Waals surface area contributed by atoms with Crippen molar-refractivity contribution in [2.24, 2.45) is 0 Å². The molecule has 7 heteroatoms. The highest BCUT2D eigenvalue weighted by atomic mass is 32.1. The van der Waals surface area contributed by atoms with E-state index in [1.54, 1.807) is 30.4 Å². The van der Waals surface area contributed by atoms with Crippen molar-refractivity contribution in [3.05, 3.63) is 81.8 Å². The van der Waals surface area contributed by atoms with Crippen LogP contribution in [0, 0.1) is 12.7 Å². The van der Waals surface area contributed by atoms with Crippen LogP contribution in [-0.2, 0) is 0 Å². The molecule has 0 radical (unpaired) electrons. The second-order valence-electron chi connectivity index (χ2n) is 8.49. The smallest absolute Gasteiger partial charge is 0.229 e. The highest BCUT2D eigenvalue weighted by molar-refractivity contribution is 7.10. The predicted molar refractivity (Wildman–Crippen MR) is 140 cm³/mol. The van der Waals surface area contributed by atoms with Crippen molar-refractivity contribution in [3.63, 3.8) is 0 Å². The van der Waals surface area contributed by atoms with E-state index in [2.05, 4.69) is 64.7 Å². The molecule has 0 unspecified atom stereocenters. The van der Waals surface area contributed by atoms with Gasteiger partial charge in [0, 0.05) is 28.1 Å². The quantitative estimate of drug-likeness (QED) is 0.275. The van der Waals surface area contributed by atoms with Gasteiger partial charge in [0.2, 0.25) is 5.95 Å². The molecule has 2 aromatic heterocycles. The summed E-state index contributed by atoms with van der Waals surface area (Å²) in [6, 6.07) is 15.6. The third-order valence-corrected chi connectivity index (χ3v) is 7.14. The second-order valence-corrected chi connectivity index (χ2v) is 9.47. The Morgan fingerprint density at radius 2 is 2.06 bits per heavy atom. The summed E-state index contributed by atoms with van der Waals surface area (Å²) in [5.74, 6) is 1.06. The number of benzene rings is 2. The monoisotopic (exact) mass is 473 g/mol. The fourth-order valence-corrected chi connectivity index (χ4v) is 5.19. The number of nitrogens with zero attached hydrogens (tertiary/aromatic N) is 2. The third kappa shape index (κ3) is 4.67. The maximum Gasteiger partial charge on any atom is 0.229 e. The highest BCUT2D eigenvalue weighted by Crippen LogP contribution is 2.34. The minimum absolute atomic E-state index is 0.153. The fourth-order valence-electron chi connectivity index (χ4n) is 4.32. The van der Waals surface area contributed by atoms with Crippen LogP contribution in [0.15, 0.2) is 60.0 Å². The van der Waals surface area contributed by atoms with Crippen molar-refractivity contribution in [1.82, 2.24) is 15.3 Å². The van der Waals surface area contributed by atoms with Gasteiger partial charge in [0.1, 0.15) is 11.6 Å². The largest absolute Gasteiger partial charge is 0.362 e. The lowest BCUT2D eigenvalue weighted by molar-refractivity contribution is 0.619. The van der Waals surface area contributed by atoms with Crippen LogP contribution in [0.1, 0.15) is 41.8 Å². The molecular weight excluding hydrogens is 445 g/mol. The van der Waals surface area contributed by atoms with Gasteiger partial charge in [-0.1, -0.05) is 31.2 Å². The topological polar surface area (TPSA) is 61.9 Å². The van der Waals surface area contributed by atoms with Crippen LogP contribution >= 0.6 is 11.3 Å². The molecule has 3 N–H and O–H groups in total. The number of fused-ring (bicyclic) bond motifs is 1. The van der Waals surface area contributed by atoms with E-state index >= 15 is 0 Å². The average molecular weight is 474 g/mol. The Labute approximate surface area is 203 Å². The van der Waals surface area contributed by atoms with Gasteiger partial charge < -0.3 is 16.0 Å². The molecule has 0 bridgehead atoms.